The number of H-pyrrole nitrogens is 1. The first-order valence-electron chi connectivity index (χ1n) is 8.87. The van der Waals surface area contributed by atoms with Crippen molar-refractivity contribution in [1.82, 2.24) is 9.97 Å². The summed E-state index contributed by atoms with van der Waals surface area (Å²) in [6.45, 7) is 6.53. The summed E-state index contributed by atoms with van der Waals surface area (Å²) < 4.78 is 5.35. The zero-order valence-corrected chi connectivity index (χ0v) is 15.0. The highest BCUT2D eigenvalue weighted by molar-refractivity contribution is 5.94. The number of hydrogen-bond acceptors (Lipinski definition) is 5. The Bertz CT molecular complexity index is 915. The number of aryl methyl sites for hydroxylation is 2. The molecule has 2 aliphatic rings. The van der Waals surface area contributed by atoms with Gasteiger partial charge in [-0.15, -0.1) is 0 Å². The van der Waals surface area contributed by atoms with Crippen LogP contribution in [-0.2, 0) is 9.53 Å². The van der Waals surface area contributed by atoms with Gasteiger partial charge >= 0.3 is 0 Å². The van der Waals surface area contributed by atoms with Gasteiger partial charge in [0.25, 0.3) is 5.56 Å². The Hall–Kier alpha value is -2.67. The number of morpholine rings is 1. The zero-order valence-electron chi connectivity index (χ0n) is 15.0. The topological polar surface area (TPSA) is 87.3 Å². The van der Waals surface area contributed by atoms with Gasteiger partial charge in [-0.3, -0.25) is 14.6 Å². The average Bonchev–Trinajstić information content (AvgIpc) is 2.63. The van der Waals surface area contributed by atoms with E-state index in [9.17, 15) is 9.59 Å². The van der Waals surface area contributed by atoms with E-state index in [0.29, 0.717) is 43.6 Å². The molecule has 2 aliphatic heterocycles. The van der Waals surface area contributed by atoms with Crippen molar-refractivity contribution in [2.45, 2.75) is 26.2 Å². The van der Waals surface area contributed by atoms with Crippen LogP contribution in [0.2, 0.25) is 0 Å². The molecule has 0 saturated carbocycles. The minimum Gasteiger partial charge on any atom is -0.378 e. The van der Waals surface area contributed by atoms with E-state index < -0.39 is 0 Å². The van der Waals surface area contributed by atoms with E-state index >= 15 is 0 Å². The maximum absolute atomic E-state index is 12.9. The normalized spacial score (nSPS) is 19.8. The molecule has 136 valence electrons. The monoisotopic (exact) mass is 354 g/mol. The van der Waals surface area contributed by atoms with E-state index in [1.807, 2.05) is 30.9 Å². The Morgan fingerprint density at radius 3 is 2.73 bits per heavy atom. The molecule has 1 saturated heterocycles. The van der Waals surface area contributed by atoms with Crippen molar-refractivity contribution in [3.05, 3.63) is 50.8 Å². The molecular weight excluding hydrogens is 332 g/mol. The molecular formula is C19H22N4O3. The van der Waals surface area contributed by atoms with Crippen LogP contribution in [0.5, 0.6) is 0 Å². The molecule has 7 nitrogen and oxygen atoms in total. The highest BCUT2D eigenvalue weighted by Gasteiger charge is 2.32. The first-order valence-corrected chi connectivity index (χ1v) is 8.87. The minimum atomic E-state index is -0.284. The van der Waals surface area contributed by atoms with Gasteiger partial charge in [-0.1, -0.05) is 23.8 Å². The summed E-state index contributed by atoms with van der Waals surface area (Å²) in [5.74, 6) is 0.458. The van der Waals surface area contributed by atoms with Crippen molar-refractivity contribution < 1.29 is 9.53 Å². The summed E-state index contributed by atoms with van der Waals surface area (Å²) in [6.07, 6.45) is 0.249. The number of amides is 1. The number of anilines is 2. The summed E-state index contributed by atoms with van der Waals surface area (Å²) in [4.78, 5) is 34.7. The molecule has 26 heavy (non-hydrogen) atoms. The number of nitrogens with one attached hydrogen (secondary N) is 2. The fraction of sp³-hybridized carbons (Fsp3) is 0.421. The lowest BCUT2D eigenvalue weighted by Gasteiger charge is -2.30. The number of aromatic amines is 1. The molecule has 1 atom stereocenters. The van der Waals surface area contributed by atoms with Crippen LogP contribution in [0.3, 0.4) is 0 Å². The second-order valence-corrected chi connectivity index (χ2v) is 6.92. The molecule has 0 radical (unpaired) electrons. The maximum Gasteiger partial charge on any atom is 0.258 e. The number of benzene rings is 1. The predicted molar refractivity (Wildman–Crippen MR) is 98.9 cm³/mol. The van der Waals surface area contributed by atoms with Crippen LogP contribution in [0.4, 0.5) is 11.8 Å². The standard InChI is InChI=1S/C19H22N4O3/c1-11-3-4-12(2)13(9-11)14-10-15(24)20-17-16(14)18(25)22-19(21-17)23-5-7-26-8-6-23/h3-4,9,14H,5-8,10H2,1-2H3,(H2,20,21,22,24,25)/t14-/m0/s1. The number of aromatic nitrogens is 2. The van der Waals surface area contributed by atoms with Crippen LogP contribution in [-0.4, -0.2) is 42.2 Å². The van der Waals surface area contributed by atoms with E-state index in [2.05, 4.69) is 21.4 Å². The van der Waals surface area contributed by atoms with E-state index in [1.54, 1.807) is 0 Å². The quantitative estimate of drug-likeness (QED) is 0.857. The van der Waals surface area contributed by atoms with Crippen LogP contribution >= 0.6 is 0 Å². The molecule has 1 amide bonds. The number of carbonyl (C=O) groups is 1. The number of ether oxygens (including phenoxy) is 1. The average molecular weight is 354 g/mol. The van der Waals surface area contributed by atoms with Gasteiger partial charge in [-0.05, 0) is 25.0 Å². The minimum absolute atomic E-state index is 0.116. The highest BCUT2D eigenvalue weighted by atomic mass is 16.5. The van der Waals surface area contributed by atoms with Crippen LogP contribution in [0.15, 0.2) is 23.0 Å². The van der Waals surface area contributed by atoms with Gasteiger partial charge < -0.3 is 15.0 Å². The molecule has 0 aliphatic carbocycles. The summed E-state index contributed by atoms with van der Waals surface area (Å²) in [6, 6.07) is 6.12. The van der Waals surface area contributed by atoms with E-state index in [1.165, 1.54) is 0 Å². The van der Waals surface area contributed by atoms with Gasteiger partial charge in [0.15, 0.2) is 0 Å². The van der Waals surface area contributed by atoms with Gasteiger partial charge in [-0.25, -0.2) is 0 Å². The van der Waals surface area contributed by atoms with Crippen LogP contribution < -0.4 is 15.8 Å². The third kappa shape index (κ3) is 2.99. The summed E-state index contributed by atoms with van der Waals surface area (Å²) >= 11 is 0. The molecule has 4 rings (SSSR count). The summed E-state index contributed by atoms with van der Waals surface area (Å²) in [7, 11) is 0. The first kappa shape index (κ1) is 16.8. The van der Waals surface area contributed by atoms with Crippen molar-refractivity contribution in [2.75, 3.05) is 36.5 Å². The fourth-order valence-corrected chi connectivity index (χ4v) is 3.69. The molecule has 1 fully saturated rings. The van der Waals surface area contributed by atoms with Gasteiger partial charge in [0.1, 0.15) is 5.82 Å². The lowest BCUT2D eigenvalue weighted by molar-refractivity contribution is -0.116. The van der Waals surface area contributed by atoms with E-state index in [0.717, 1.165) is 16.7 Å². The molecule has 2 N–H and O–H groups in total. The van der Waals surface area contributed by atoms with Crippen LogP contribution in [0.25, 0.3) is 0 Å². The van der Waals surface area contributed by atoms with Gasteiger partial charge in [0.2, 0.25) is 11.9 Å². The fourth-order valence-electron chi connectivity index (χ4n) is 3.69. The number of carbonyl (C=O) groups excluding carboxylic acids is 1. The molecule has 0 bridgehead atoms. The van der Waals surface area contributed by atoms with Gasteiger partial charge in [-0.2, -0.15) is 4.98 Å². The lowest BCUT2D eigenvalue weighted by Crippen LogP contribution is -2.40. The van der Waals surface area contributed by atoms with Crippen molar-refractivity contribution in [3.63, 3.8) is 0 Å². The summed E-state index contributed by atoms with van der Waals surface area (Å²) in [5.41, 5.74) is 3.52. The number of rotatable bonds is 2. The van der Waals surface area contributed by atoms with Crippen molar-refractivity contribution >= 4 is 17.7 Å². The maximum atomic E-state index is 12.9. The molecule has 7 heteroatoms. The second-order valence-electron chi connectivity index (χ2n) is 6.92. The van der Waals surface area contributed by atoms with Gasteiger partial charge in [0, 0.05) is 25.4 Å². The third-order valence-corrected chi connectivity index (χ3v) is 5.06. The first-order chi connectivity index (χ1) is 12.5. The molecule has 1 aromatic carbocycles. The van der Waals surface area contributed by atoms with Crippen molar-refractivity contribution in [3.8, 4) is 0 Å². The second kappa shape index (κ2) is 6.57. The largest absolute Gasteiger partial charge is 0.378 e. The number of nitrogens with zero attached hydrogens (tertiary/aromatic N) is 2. The van der Waals surface area contributed by atoms with Crippen LogP contribution in [0.1, 0.15) is 34.6 Å². The molecule has 0 unspecified atom stereocenters. The Labute approximate surface area is 151 Å². The molecule has 1 aromatic heterocycles. The highest BCUT2D eigenvalue weighted by Crippen LogP contribution is 2.36. The Morgan fingerprint density at radius 1 is 1.19 bits per heavy atom. The van der Waals surface area contributed by atoms with Crippen molar-refractivity contribution in [1.29, 1.82) is 0 Å². The van der Waals surface area contributed by atoms with Crippen LogP contribution in [0, 0.1) is 13.8 Å². The molecule has 3 heterocycles. The van der Waals surface area contributed by atoms with Gasteiger partial charge in [0.05, 0.1) is 18.8 Å². The van der Waals surface area contributed by atoms with E-state index in [-0.39, 0.29) is 23.8 Å². The SMILES string of the molecule is Cc1ccc(C)c([C@@H]2CC(=O)Nc3nc(N4CCOCC4)[nH]c(=O)c32)c1. The molecule has 0 spiro atoms. The Kier molecular flexibility index (Phi) is 4.24. The molecule has 2 aromatic rings. The number of fused-ring (bicyclic) bond motifs is 1. The third-order valence-electron chi connectivity index (χ3n) is 5.06. The van der Waals surface area contributed by atoms with Crippen molar-refractivity contribution in [2.24, 2.45) is 0 Å². The lowest BCUT2D eigenvalue weighted by atomic mass is 9.84. The van der Waals surface area contributed by atoms with E-state index in [4.69, 9.17) is 4.74 Å². The smallest absolute Gasteiger partial charge is 0.258 e. The predicted octanol–water partition coefficient (Wildman–Crippen LogP) is 1.70. The Balaban J connectivity index is 1.81. The number of hydrogen-bond donors (Lipinski definition) is 2. The summed E-state index contributed by atoms with van der Waals surface area (Å²) in [5, 5.41) is 2.79. The zero-order chi connectivity index (χ0) is 18.3. The Morgan fingerprint density at radius 2 is 1.96 bits per heavy atom.